The van der Waals surface area contributed by atoms with Crippen molar-refractivity contribution in [2.24, 2.45) is 0 Å². The highest BCUT2D eigenvalue weighted by atomic mass is 16.5. The maximum Gasteiger partial charge on any atom is 0.161 e. The first-order valence-corrected chi connectivity index (χ1v) is 7.19. The zero-order valence-corrected chi connectivity index (χ0v) is 12.1. The van der Waals surface area contributed by atoms with Crippen LogP contribution in [-0.4, -0.2) is 37.0 Å². The van der Waals surface area contributed by atoms with Crippen LogP contribution in [-0.2, 0) is 11.3 Å². The second kappa shape index (κ2) is 5.44. The molecule has 0 aromatic heterocycles. The quantitative estimate of drug-likeness (QED) is 0.846. The van der Waals surface area contributed by atoms with Gasteiger partial charge >= 0.3 is 0 Å². The molecule has 1 aromatic carbocycles. The van der Waals surface area contributed by atoms with Gasteiger partial charge in [0.1, 0.15) is 5.78 Å². The number of piperidine rings is 1. The summed E-state index contributed by atoms with van der Waals surface area (Å²) in [7, 11) is 3.30. The van der Waals surface area contributed by atoms with Gasteiger partial charge in [-0.05, 0) is 30.5 Å². The molecule has 0 amide bonds. The van der Waals surface area contributed by atoms with E-state index in [2.05, 4.69) is 11.0 Å². The highest BCUT2D eigenvalue weighted by Crippen LogP contribution is 2.36. The second-order valence-corrected chi connectivity index (χ2v) is 5.69. The van der Waals surface area contributed by atoms with E-state index in [0.717, 1.165) is 43.7 Å². The molecule has 2 heterocycles. The van der Waals surface area contributed by atoms with Crippen LogP contribution >= 0.6 is 0 Å². The third kappa shape index (κ3) is 2.40. The van der Waals surface area contributed by atoms with E-state index < -0.39 is 0 Å². The molecule has 4 nitrogen and oxygen atoms in total. The Morgan fingerprint density at radius 2 is 1.75 bits per heavy atom. The number of fused-ring (bicyclic) bond motifs is 2. The van der Waals surface area contributed by atoms with Crippen LogP contribution in [0.15, 0.2) is 18.2 Å². The van der Waals surface area contributed by atoms with E-state index in [1.54, 1.807) is 14.2 Å². The lowest BCUT2D eigenvalue weighted by molar-refractivity contribution is -0.123. The topological polar surface area (TPSA) is 38.8 Å². The first-order chi connectivity index (χ1) is 9.71. The molecule has 0 aliphatic carbocycles. The molecule has 0 N–H and O–H groups in total. The third-order valence-corrected chi connectivity index (χ3v) is 4.51. The van der Waals surface area contributed by atoms with Gasteiger partial charge in [-0.2, -0.15) is 0 Å². The minimum atomic E-state index is 0.432. The molecular formula is C16H21NO3. The van der Waals surface area contributed by atoms with Crippen molar-refractivity contribution in [1.82, 2.24) is 4.90 Å². The standard InChI is InChI=1S/C16H21NO3/c1-19-15-6-3-11(7-16(15)20-2)10-17-12-4-5-13(17)9-14(18)8-12/h3,6-7,12-13H,4-5,8-10H2,1-2H3. The van der Waals surface area contributed by atoms with Crippen molar-refractivity contribution in [3.63, 3.8) is 0 Å². The molecule has 4 heteroatoms. The van der Waals surface area contributed by atoms with Gasteiger partial charge in [0.05, 0.1) is 14.2 Å². The number of methoxy groups -OCH3 is 2. The van der Waals surface area contributed by atoms with Gasteiger partial charge in [-0.3, -0.25) is 9.69 Å². The van der Waals surface area contributed by atoms with Gasteiger partial charge in [0.15, 0.2) is 11.5 Å². The lowest BCUT2D eigenvalue weighted by Gasteiger charge is -2.34. The molecule has 108 valence electrons. The van der Waals surface area contributed by atoms with E-state index in [-0.39, 0.29) is 0 Å². The van der Waals surface area contributed by atoms with Gasteiger partial charge < -0.3 is 9.47 Å². The Morgan fingerprint density at radius 3 is 2.35 bits per heavy atom. The van der Waals surface area contributed by atoms with Crippen molar-refractivity contribution < 1.29 is 14.3 Å². The molecule has 0 saturated carbocycles. The average molecular weight is 275 g/mol. The molecule has 3 rings (SSSR count). The van der Waals surface area contributed by atoms with E-state index >= 15 is 0 Å². The van der Waals surface area contributed by atoms with Crippen LogP contribution in [0, 0.1) is 0 Å². The Balaban J connectivity index is 1.77. The summed E-state index contributed by atoms with van der Waals surface area (Å²) in [4.78, 5) is 14.1. The van der Waals surface area contributed by atoms with Crippen LogP contribution in [0.1, 0.15) is 31.2 Å². The number of hydrogen-bond acceptors (Lipinski definition) is 4. The van der Waals surface area contributed by atoms with E-state index in [1.807, 2.05) is 12.1 Å². The van der Waals surface area contributed by atoms with E-state index in [1.165, 1.54) is 5.56 Å². The number of hydrogen-bond donors (Lipinski definition) is 0. The van der Waals surface area contributed by atoms with Crippen molar-refractivity contribution in [2.75, 3.05) is 14.2 Å². The predicted molar refractivity (Wildman–Crippen MR) is 76.1 cm³/mol. The minimum absolute atomic E-state index is 0.432. The fourth-order valence-corrected chi connectivity index (χ4v) is 3.51. The molecule has 20 heavy (non-hydrogen) atoms. The average Bonchev–Trinajstić information content (AvgIpc) is 2.70. The van der Waals surface area contributed by atoms with Crippen molar-refractivity contribution in [3.8, 4) is 11.5 Å². The molecule has 2 bridgehead atoms. The maximum atomic E-state index is 11.6. The summed E-state index contributed by atoms with van der Waals surface area (Å²) in [6.07, 6.45) is 3.76. The second-order valence-electron chi connectivity index (χ2n) is 5.69. The highest BCUT2D eigenvalue weighted by Gasteiger charge is 2.39. The number of carbonyl (C=O) groups is 1. The SMILES string of the molecule is COc1ccc(CN2C3CCC2CC(=O)C3)cc1OC. The lowest BCUT2D eigenvalue weighted by atomic mass is 10.0. The van der Waals surface area contributed by atoms with Crippen LogP contribution in [0.2, 0.25) is 0 Å². The number of ketones is 1. The molecule has 0 spiro atoms. The fraction of sp³-hybridized carbons (Fsp3) is 0.562. The number of nitrogens with zero attached hydrogens (tertiary/aromatic N) is 1. The van der Waals surface area contributed by atoms with Gasteiger partial charge in [0.25, 0.3) is 0 Å². The van der Waals surface area contributed by atoms with Crippen LogP contribution in [0.5, 0.6) is 11.5 Å². The maximum absolute atomic E-state index is 11.6. The van der Waals surface area contributed by atoms with Gasteiger partial charge in [-0.1, -0.05) is 6.07 Å². The van der Waals surface area contributed by atoms with Gasteiger partial charge in [-0.15, -0.1) is 0 Å². The summed E-state index contributed by atoms with van der Waals surface area (Å²) in [6.45, 7) is 0.892. The normalized spacial score (nSPS) is 25.8. The number of carbonyl (C=O) groups excluding carboxylic acids is 1. The van der Waals surface area contributed by atoms with E-state index in [0.29, 0.717) is 17.9 Å². The summed E-state index contributed by atoms with van der Waals surface area (Å²) in [5.74, 6) is 1.96. The number of rotatable bonds is 4. The summed E-state index contributed by atoms with van der Waals surface area (Å²) < 4.78 is 10.6. The van der Waals surface area contributed by atoms with E-state index in [4.69, 9.17) is 9.47 Å². The molecule has 1 aromatic rings. The smallest absolute Gasteiger partial charge is 0.161 e. The summed E-state index contributed by atoms with van der Waals surface area (Å²) in [5, 5.41) is 0. The van der Waals surface area contributed by atoms with Crippen molar-refractivity contribution in [1.29, 1.82) is 0 Å². The Kier molecular flexibility index (Phi) is 3.66. The zero-order valence-electron chi connectivity index (χ0n) is 12.1. The van der Waals surface area contributed by atoms with Gasteiger partial charge in [0, 0.05) is 31.5 Å². The van der Waals surface area contributed by atoms with Crippen molar-refractivity contribution >= 4 is 5.78 Å². The molecule has 2 aliphatic heterocycles. The summed E-state index contributed by atoms with van der Waals surface area (Å²) >= 11 is 0. The minimum Gasteiger partial charge on any atom is -0.493 e. The fourth-order valence-electron chi connectivity index (χ4n) is 3.51. The van der Waals surface area contributed by atoms with Crippen LogP contribution in [0.3, 0.4) is 0 Å². The summed E-state index contributed by atoms with van der Waals surface area (Å²) in [5.41, 5.74) is 1.22. The molecule has 2 aliphatic rings. The highest BCUT2D eigenvalue weighted by molar-refractivity contribution is 5.80. The largest absolute Gasteiger partial charge is 0.493 e. The number of Topliss-reactive ketones (excluding diaryl/α,β-unsaturated/α-hetero) is 1. The van der Waals surface area contributed by atoms with Crippen LogP contribution in [0.25, 0.3) is 0 Å². The van der Waals surface area contributed by atoms with E-state index in [9.17, 15) is 4.79 Å². The van der Waals surface area contributed by atoms with Crippen molar-refractivity contribution in [3.05, 3.63) is 23.8 Å². The third-order valence-electron chi connectivity index (χ3n) is 4.51. The predicted octanol–water partition coefficient (Wildman–Crippen LogP) is 2.40. The molecule has 2 atom stereocenters. The molecule has 0 radical (unpaired) electrons. The monoisotopic (exact) mass is 275 g/mol. The first-order valence-electron chi connectivity index (χ1n) is 7.19. The van der Waals surface area contributed by atoms with Crippen molar-refractivity contribution in [2.45, 2.75) is 44.3 Å². The van der Waals surface area contributed by atoms with Crippen LogP contribution in [0.4, 0.5) is 0 Å². The molecule has 2 saturated heterocycles. The number of benzene rings is 1. The zero-order chi connectivity index (χ0) is 14.1. The van der Waals surface area contributed by atoms with Gasteiger partial charge in [-0.25, -0.2) is 0 Å². The molecular weight excluding hydrogens is 254 g/mol. The summed E-state index contributed by atoms with van der Waals surface area (Å²) in [6, 6.07) is 6.94. The lowest BCUT2D eigenvalue weighted by Crippen LogP contribution is -2.42. The molecule has 2 fully saturated rings. The first kappa shape index (κ1) is 13.4. The Labute approximate surface area is 119 Å². The molecule has 2 unspecified atom stereocenters. The van der Waals surface area contributed by atoms with Crippen LogP contribution < -0.4 is 9.47 Å². The Morgan fingerprint density at radius 1 is 1.10 bits per heavy atom. The van der Waals surface area contributed by atoms with Gasteiger partial charge in [0.2, 0.25) is 0 Å². The number of ether oxygens (including phenoxy) is 2. The Hall–Kier alpha value is -1.55. The Bertz CT molecular complexity index is 498.